The highest BCUT2D eigenvalue weighted by atomic mass is 16.6. The van der Waals surface area contributed by atoms with Crippen molar-refractivity contribution < 1.29 is 28.6 Å². The van der Waals surface area contributed by atoms with Crippen LogP contribution in [0.25, 0.3) is 0 Å². The first-order valence-corrected chi connectivity index (χ1v) is 25.7. The van der Waals surface area contributed by atoms with Gasteiger partial charge < -0.3 is 14.2 Å². The van der Waals surface area contributed by atoms with Crippen molar-refractivity contribution in [3.63, 3.8) is 0 Å². The van der Waals surface area contributed by atoms with Crippen LogP contribution in [0.5, 0.6) is 0 Å². The van der Waals surface area contributed by atoms with Gasteiger partial charge in [0.25, 0.3) is 0 Å². The van der Waals surface area contributed by atoms with Gasteiger partial charge in [0.2, 0.25) is 0 Å². The number of hydrogen-bond donors (Lipinski definition) is 0. The monoisotopic (exact) mass is 821 g/mol. The van der Waals surface area contributed by atoms with Gasteiger partial charge in [0, 0.05) is 19.3 Å². The molecule has 6 heteroatoms. The van der Waals surface area contributed by atoms with Gasteiger partial charge in [-0.15, -0.1) is 0 Å². The molecule has 0 aliphatic rings. The minimum absolute atomic E-state index is 0.0650. The molecule has 0 rings (SSSR count). The molecule has 0 aromatic carbocycles. The third-order valence-corrected chi connectivity index (χ3v) is 11.7. The lowest BCUT2D eigenvalue weighted by Crippen LogP contribution is -2.30. The van der Waals surface area contributed by atoms with E-state index in [2.05, 4.69) is 34.6 Å². The van der Waals surface area contributed by atoms with Gasteiger partial charge in [-0.2, -0.15) is 0 Å². The molecule has 6 nitrogen and oxygen atoms in total. The predicted molar refractivity (Wildman–Crippen MR) is 247 cm³/mol. The lowest BCUT2D eigenvalue weighted by atomic mass is 10.0. The second-order valence-electron chi connectivity index (χ2n) is 18.8. The summed E-state index contributed by atoms with van der Waals surface area (Å²) in [6, 6.07) is 0. The fourth-order valence-corrected chi connectivity index (χ4v) is 7.81. The maximum Gasteiger partial charge on any atom is 0.306 e. The maximum atomic E-state index is 12.7. The van der Waals surface area contributed by atoms with E-state index in [9.17, 15) is 14.4 Å². The van der Waals surface area contributed by atoms with E-state index in [1.54, 1.807) is 0 Å². The number of hydrogen-bond acceptors (Lipinski definition) is 6. The predicted octanol–water partition coefficient (Wildman–Crippen LogP) is 16.5. The van der Waals surface area contributed by atoms with Crippen molar-refractivity contribution >= 4 is 17.9 Å². The summed E-state index contributed by atoms with van der Waals surface area (Å²) in [5.74, 6) is 0.719. The summed E-state index contributed by atoms with van der Waals surface area (Å²) < 4.78 is 16.8. The van der Waals surface area contributed by atoms with Gasteiger partial charge in [-0.1, -0.05) is 247 Å². The number of carbonyl (C=O) groups is 3. The van der Waals surface area contributed by atoms with E-state index in [0.717, 1.165) is 69.6 Å². The third kappa shape index (κ3) is 45.5. The van der Waals surface area contributed by atoms with Crippen molar-refractivity contribution in [3.8, 4) is 0 Å². The second kappa shape index (κ2) is 44.9. The van der Waals surface area contributed by atoms with Crippen LogP contribution in [-0.2, 0) is 28.6 Å². The van der Waals surface area contributed by atoms with E-state index in [1.807, 2.05) is 0 Å². The first-order chi connectivity index (χ1) is 28.2. The van der Waals surface area contributed by atoms with Crippen LogP contribution in [0.15, 0.2) is 0 Å². The molecule has 0 spiro atoms. The van der Waals surface area contributed by atoms with Crippen molar-refractivity contribution in [1.82, 2.24) is 0 Å². The molecule has 0 unspecified atom stereocenters. The summed E-state index contributed by atoms with van der Waals surface area (Å²) in [5.41, 5.74) is 0. The van der Waals surface area contributed by atoms with Gasteiger partial charge in [-0.3, -0.25) is 14.4 Å². The van der Waals surface area contributed by atoms with Crippen LogP contribution >= 0.6 is 0 Å². The van der Waals surface area contributed by atoms with Crippen LogP contribution in [0.3, 0.4) is 0 Å². The molecular formula is C52H100O6. The fourth-order valence-electron chi connectivity index (χ4n) is 7.81. The fraction of sp³-hybridized carbons (Fsp3) is 0.942. The minimum Gasteiger partial charge on any atom is -0.462 e. The highest BCUT2D eigenvalue weighted by molar-refractivity contribution is 5.71. The highest BCUT2D eigenvalue weighted by Gasteiger charge is 2.19. The van der Waals surface area contributed by atoms with E-state index in [4.69, 9.17) is 14.2 Å². The Labute approximate surface area is 361 Å². The molecule has 0 N–H and O–H groups in total. The molecule has 0 aromatic rings. The lowest BCUT2D eigenvalue weighted by molar-refractivity contribution is -0.167. The molecule has 0 amide bonds. The van der Waals surface area contributed by atoms with Crippen LogP contribution in [0.4, 0.5) is 0 Å². The SMILES string of the molecule is CCCCCCCCCCCCCCCCCCCCCC(=O)OC[C@H](COC(=O)CCCCCCCCCCC(C)C)OC(=O)CCCCCCCCCC(C)C. The third-order valence-electron chi connectivity index (χ3n) is 11.7. The molecule has 58 heavy (non-hydrogen) atoms. The smallest absolute Gasteiger partial charge is 0.306 e. The minimum atomic E-state index is -0.762. The molecule has 0 heterocycles. The summed E-state index contributed by atoms with van der Waals surface area (Å²) in [4.78, 5) is 37.8. The van der Waals surface area contributed by atoms with Crippen molar-refractivity contribution in [2.24, 2.45) is 11.8 Å². The lowest BCUT2D eigenvalue weighted by Gasteiger charge is -2.18. The van der Waals surface area contributed by atoms with Crippen LogP contribution < -0.4 is 0 Å². The quantitative estimate of drug-likeness (QED) is 0.0346. The van der Waals surface area contributed by atoms with E-state index in [-0.39, 0.29) is 31.1 Å². The molecule has 0 aliphatic carbocycles. The Kier molecular flexibility index (Phi) is 43.7. The first-order valence-electron chi connectivity index (χ1n) is 25.7. The topological polar surface area (TPSA) is 78.9 Å². The molecule has 0 aliphatic heterocycles. The average Bonchev–Trinajstić information content (AvgIpc) is 3.19. The Balaban J connectivity index is 4.22. The zero-order valence-corrected chi connectivity index (χ0v) is 39.7. The second-order valence-corrected chi connectivity index (χ2v) is 18.8. The Bertz CT molecular complexity index is 885. The summed E-state index contributed by atoms with van der Waals surface area (Å²) in [6.07, 6.45) is 45.4. The van der Waals surface area contributed by atoms with E-state index in [0.29, 0.717) is 19.3 Å². The first kappa shape index (κ1) is 56.4. The van der Waals surface area contributed by atoms with E-state index in [1.165, 1.54) is 173 Å². The molecule has 0 saturated carbocycles. The molecule has 1 atom stereocenters. The average molecular weight is 821 g/mol. The van der Waals surface area contributed by atoms with Gasteiger partial charge in [0.15, 0.2) is 6.10 Å². The summed E-state index contributed by atoms with van der Waals surface area (Å²) in [7, 11) is 0. The van der Waals surface area contributed by atoms with Crippen LogP contribution in [0.1, 0.15) is 285 Å². The van der Waals surface area contributed by atoms with Crippen molar-refractivity contribution in [3.05, 3.63) is 0 Å². The number of unbranched alkanes of at least 4 members (excludes halogenated alkanes) is 31. The summed E-state index contributed by atoms with van der Waals surface area (Å²) in [5, 5.41) is 0. The molecule has 0 fully saturated rings. The Hall–Kier alpha value is -1.59. The Morgan fingerprint density at radius 1 is 0.328 bits per heavy atom. The number of ether oxygens (including phenoxy) is 3. The van der Waals surface area contributed by atoms with Gasteiger partial charge >= 0.3 is 17.9 Å². The highest BCUT2D eigenvalue weighted by Crippen LogP contribution is 2.17. The zero-order valence-electron chi connectivity index (χ0n) is 39.7. The summed E-state index contributed by atoms with van der Waals surface area (Å²) >= 11 is 0. The molecular weight excluding hydrogens is 721 g/mol. The molecule has 0 saturated heterocycles. The van der Waals surface area contributed by atoms with Crippen LogP contribution in [0.2, 0.25) is 0 Å². The largest absolute Gasteiger partial charge is 0.462 e. The van der Waals surface area contributed by atoms with Crippen molar-refractivity contribution in [1.29, 1.82) is 0 Å². The summed E-state index contributed by atoms with van der Waals surface area (Å²) in [6.45, 7) is 11.3. The van der Waals surface area contributed by atoms with Crippen molar-refractivity contribution in [2.45, 2.75) is 291 Å². The van der Waals surface area contributed by atoms with Gasteiger partial charge in [-0.25, -0.2) is 0 Å². The molecule has 344 valence electrons. The van der Waals surface area contributed by atoms with Gasteiger partial charge in [0.05, 0.1) is 0 Å². The zero-order chi connectivity index (χ0) is 42.6. The Morgan fingerprint density at radius 3 is 0.845 bits per heavy atom. The number of rotatable bonds is 46. The van der Waals surface area contributed by atoms with Gasteiger partial charge in [0.1, 0.15) is 13.2 Å². The molecule has 0 radical (unpaired) electrons. The Morgan fingerprint density at radius 2 is 0.569 bits per heavy atom. The molecule has 0 bridgehead atoms. The normalized spacial score (nSPS) is 12.1. The van der Waals surface area contributed by atoms with Crippen LogP contribution in [-0.4, -0.2) is 37.2 Å². The van der Waals surface area contributed by atoms with Gasteiger partial charge in [-0.05, 0) is 31.1 Å². The maximum absolute atomic E-state index is 12.7. The standard InChI is InChI=1S/C52H100O6/c1-6-7-8-9-10-11-12-13-14-15-16-17-18-19-20-21-27-32-37-42-50(53)56-45-49(58-52(55)44-39-34-29-24-26-31-36-41-48(4)5)46-57-51(54)43-38-33-28-23-22-25-30-35-40-47(2)3/h47-49H,6-46H2,1-5H3/t49-/m1/s1. The molecule has 0 aromatic heterocycles. The number of esters is 3. The van der Waals surface area contributed by atoms with E-state index < -0.39 is 6.10 Å². The van der Waals surface area contributed by atoms with E-state index >= 15 is 0 Å². The number of carbonyl (C=O) groups excluding carboxylic acids is 3. The van der Waals surface area contributed by atoms with Crippen LogP contribution in [0, 0.1) is 11.8 Å². The van der Waals surface area contributed by atoms with Crippen molar-refractivity contribution in [2.75, 3.05) is 13.2 Å².